The van der Waals surface area contributed by atoms with Gasteiger partial charge in [-0.2, -0.15) is 5.26 Å². The average molecular weight is 260 g/mol. The topological polar surface area (TPSA) is 36.7 Å². The van der Waals surface area contributed by atoms with E-state index < -0.39 is 0 Å². The van der Waals surface area contributed by atoms with Gasteiger partial charge in [0, 0.05) is 11.8 Å². The number of pyridine rings is 1. The van der Waals surface area contributed by atoms with Crippen LogP contribution in [0.3, 0.4) is 0 Å². The Labute approximate surface area is 120 Å². The lowest BCUT2D eigenvalue weighted by molar-refractivity contribution is 0.590. The van der Waals surface area contributed by atoms with E-state index in [0.29, 0.717) is 5.56 Å². The molecule has 98 valence electrons. The molecule has 0 radical (unpaired) electrons. The van der Waals surface area contributed by atoms with Gasteiger partial charge < -0.3 is 0 Å². The van der Waals surface area contributed by atoms with Crippen LogP contribution in [-0.2, 0) is 5.41 Å². The van der Waals surface area contributed by atoms with E-state index in [2.05, 4.69) is 43.7 Å². The maximum absolute atomic E-state index is 9.13. The molecule has 0 aliphatic heterocycles. The van der Waals surface area contributed by atoms with E-state index >= 15 is 0 Å². The van der Waals surface area contributed by atoms with Crippen molar-refractivity contribution in [1.82, 2.24) is 4.98 Å². The summed E-state index contributed by atoms with van der Waals surface area (Å²) in [6, 6.07) is 13.6. The number of aromatic nitrogens is 1. The largest absolute Gasteiger partial charge is 0.248 e. The summed E-state index contributed by atoms with van der Waals surface area (Å²) in [5.41, 5.74) is 3.32. The minimum Gasteiger partial charge on any atom is -0.248 e. The maximum atomic E-state index is 9.13. The first-order chi connectivity index (χ1) is 9.49. The molecule has 2 rings (SSSR count). The molecule has 2 nitrogen and oxygen atoms in total. The normalized spacial score (nSPS) is 10.3. The van der Waals surface area contributed by atoms with Crippen LogP contribution < -0.4 is 0 Å². The minimum atomic E-state index is -0.00567. The summed E-state index contributed by atoms with van der Waals surface area (Å²) in [6.45, 7) is 6.37. The van der Waals surface area contributed by atoms with Crippen molar-refractivity contribution < 1.29 is 0 Å². The van der Waals surface area contributed by atoms with E-state index in [1.807, 2.05) is 36.4 Å². The number of nitriles is 1. The van der Waals surface area contributed by atoms with Gasteiger partial charge in [0.1, 0.15) is 5.69 Å². The fourth-order valence-corrected chi connectivity index (χ4v) is 1.77. The monoisotopic (exact) mass is 260 g/mol. The van der Waals surface area contributed by atoms with Crippen molar-refractivity contribution >= 4 is 0 Å². The Morgan fingerprint density at radius 3 is 2.35 bits per heavy atom. The first kappa shape index (κ1) is 13.8. The third-order valence-electron chi connectivity index (χ3n) is 2.93. The van der Waals surface area contributed by atoms with Crippen molar-refractivity contribution in [3.8, 4) is 17.9 Å². The number of hydrogen-bond acceptors (Lipinski definition) is 2. The highest BCUT2D eigenvalue weighted by Crippen LogP contribution is 2.24. The second-order valence-electron chi connectivity index (χ2n) is 5.63. The molecule has 0 saturated carbocycles. The zero-order chi connectivity index (χ0) is 14.6. The van der Waals surface area contributed by atoms with Gasteiger partial charge in [0.2, 0.25) is 0 Å². The number of nitrogens with zero attached hydrogens (tertiary/aromatic N) is 2. The molecule has 0 fully saturated rings. The van der Waals surface area contributed by atoms with Gasteiger partial charge in [-0.3, -0.25) is 0 Å². The molecular weight excluding hydrogens is 244 g/mol. The molecule has 1 heterocycles. The standard InChI is InChI=1S/C18H16N2/c1-18(2,3)16-11-14(10-15(12-16)13-19)7-8-17-6-4-5-9-20-17/h4-6,9-12H,1-3H3. The molecule has 0 spiro atoms. The van der Waals surface area contributed by atoms with Crippen molar-refractivity contribution in [2.75, 3.05) is 0 Å². The van der Waals surface area contributed by atoms with E-state index in [4.69, 9.17) is 5.26 Å². The smallest absolute Gasteiger partial charge is 0.113 e. The van der Waals surface area contributed by atoms with Gasteiger partial charge in [0.25, 0.3) is 0 Å². The summed E-state index contributed by atoms with van der Waals surface area (Å²) in [4.78, 5) is 4.17. The lowest BCUT2D eigenvalue weighted by Crippen LogP contribution is -2.11. The van der Waals surface area contributed by atoms with Crippen LogP contribution in [0.4, 0.5) is 0 Å². The quantitative estimate of drug-likeness (QED) is 0.678. The minimum absolute atomic E-state index is 0.00567. The highest BCUT2D eigenvalue weighted by atomic mass is 14.6. The maximum Gasteiger partial charge on any atom is 0.113 e. The van der Waals surface area contributed by atoms with Gasteiger partial charge in [0.05, 0.1) is 11.6 Å². The summed E-state index contributed by atoms with van der Waals surface area (Å²) >= 11 is 0. The summed E-state index contributed by atoms with van der Waals surface area (Å²) in [5.74, 6) is 6.10. The molecule has 0 aliphatic carbocycles. The first-order valence-corrected chi connectivity index (χ1v) is 6.48. The summed E-state index contributed by atoms with van der Waals surface area (Å²) in [5, 5.41) is 9.13. The van der Waals surface area contributed by atoms with Crippen LogP contribution in [0.1, 0.15) is 43.2 Å². The average Bonchev–Trinajstić information content (AvgIpc) is 2.45. The predicted octanol–water partition coefficient (Wildman–Crippen LogP) is 3.65. The zero-order valence-corrected chi connectivity index (χ0v) is 11.9. The van der Waals surface area contributed by atoms with Crippen LogP contribution in [0.15, 0.2) is 42.6 Å². The van der Waals surface area contributed by atoms with Gasteiger partial charge in [-0.1, -0.05) is 32.8 Å². The van der Waals surface area contributed by atoms with Crippen LogP contribution in [0.5, 0.6) is 0 Å². The Kier molecular flexibility index (Phi) is 3.87. The Bertz CT molecular complexity index is 705. The van der Waals surface area contributed by atoms with Crippen LogP contribution in [0, 0.1) is 23.2 Å². The van der Waals surface area contributed by atoms with Gasteiger partial charge >= 0.3 is 0 Å². The van der Waals surface area contributed by atoms with E-state index in [-0.39, 0.29) is 5.41 Å². The Morgan fingerprint density at radius 1 is 1.00 bits per heavy atom. The third kappa shape index (κ3) is 3.46. The van der Waals surface area contributed by atoms with Crippen LogP contribution in [0.2, 0.25) is 0 Å². The molecule has 1 aromatic carbocycles. The number of benzene rings is 1. The molecule has 0 N–H and O–H groups in total. The number of rotatable bonds is 0. The SMILES string of the molecule is CC(C)(C)c1cc(C#N)cc(C#Cc2ccccn2)c1. The first-order valence-electron chi connectivity index (χ1n) is 6.48. The molecular formula is C18H16N2. The molecule has 1 aromatic heterocycles. The molecule has 2 heteroatoms. The summed E-state index contributed by atoms with van der Waals surface area (Å²) in [7, 11) is 0. The van der Waals surface area contributed by atoms with E-state index in [0.717, 1.165) is 16.8 Å². The molecule has 0 saturated heterocycles. The fraction of sp³-hybridized carbons (Fsp3) is 0.222. The lowest BCUT2D eigenvalue weighted by atomic mass is 9.85. The Hall–Kier alpha value is -2.58. The highest BCUT2D eigenvalue weighted by Gasteiger charge is 2.14. The van der Waals surface area contributed by atoms with Gasteiger partial charge in [-0.05, 0) is 47.2 Å². The van der Waals surface area contributed by atoms with Crippen molar-refractivity contribution in [3.63, 3.8) is 0 Å². The van der Waals surface area contributed by atoms with Crippen molar-refractivity contribution in [2.45, 2.75) is 26.2 Å². The molecule has 20 heavy (non-hydrogen) atoms. The molecule has 0 amide bonds. The Balaban J connectivity index is 2.43. The second kappa shape index (κ2) is 5.59. The summed E-state index contributed by atoms with van der Waals surface area (Å²) < 4.78 is 0. The van der Waals surface area contributed by atoms with E-state index in [9.17, 15) is 0 Å². The molecule has 0 bridgehead atoms. The predicted molar refractivity (Wildman–Crippen MR) is 80.1 cm³/mol. The van der Waals surface area contributed by atoms with Gasteiger partial charge in [0.15, 0.2) is 0 Å². The fourth-order valence-electron chi connectivity index (χ4n) is 1.77. The molecule has 0 unspecified atom stereocenters. The summed E-state index contributed by atoms with van der Waals surface area (Å²) in [6.07, 6.45) is 1.72. The Morgan fingerprint density at radius 2 is 1.75 bits per heavy atom. The zero-order valence-electron chi connectivity index (χ0n) is 11.9. The van der Waals surface area contributed by atoms with Gasteiger partial charge in [-0.15, -0.1) is 0 Å². The number of hydrogen-bond donors (Lipinski definition) is 0. The van der Waals surface area contributed by atoms with Crippen LogP contribution >= 0.6 is 0 Å². The van der Waals surface area contributed by atoms with Crippen molar-refractivity contribution in [2.24, 2.45) is 0 Å². The lowest BCUT2D eigenvalue weighted by Gasteiger charge is -2.19. The second-order valence-corrected chi connectivity index (χ2v) is 5.63. The molecule has 0 aliphatic rings. The van der Waals surface area contributed by atoms with E-state index in [1.165, 1.54) is 0 Å². The van der Waals surface area contributed by atoms with Crippen molar-refractivity contribution in [3.05, 3.63) is 65.0 Å². The molecule has 2 aromatic rings. The van der Waals surface area contributed by atoms with Crippen molar-refractivity contribution in [1.29, 1.82) is 5.26 Å². The highest BCUT2D eigenvalue weighted by molar-refractivity contribution is 5.48. The van der Waals surface area contributed by atoms with Gasteiger partial charge in [-0.25, -0.2) is 4.98 Å². The van der Waals surface area contributed by atoms with E-state index in [1.54, 1.807) is 6.20 Å². The van der Waals surface area contributed by atoms with Crippen LogP contribution in [0.25, 0.3) is 0 Å². The third-order valence-corrected chi connectivity index (χ3v) is 2.93. The molecule has 0 atom stereocenters. The van der Waals surface area contributed by atoms with Crippen LogP contribution in [-0.4, -0.2) is 4.98 Å².